The predicted molar refractivity (Wildman–Crippen MR) is 91.9 cm³/mol. The first-order valence-electron chi connectivity index (χ1n) is 8.23. The lowest BCUT2D eigenvalue weighted by atomic mass is 9.99. The summed E-state index contributed by atoms with van der Waals surface area (Å²) in [5.74, 6) is 0. The van der Waals surface area contributed by atoms with Crippen molar-refractivity contribution in [1.82, 2.24) is 0 Å². The Morgan fingerprint density at radius 1 is 0.500 bits per heavy atom. The van der Waals surface area contributed by atoms with Gasteiger partial charge in [-0.05, 0) is 60.8 Å². The molecule has 0 unspecified atom stereocenters. The molecule has 0 radical (unpaired) electrons. The van der Waals surface area contributed by atoms with Crippen LogP contribution < -0.4 is 0 Å². The van der Waals surface area contributed by atoms with Gasteiger partial charge in [0.25, 0.3) is 0 Å². The van der Waals surface area contributed by atoms with Crippen LogP contribution in [0.25, 0.3) is 11.1 Å². The molecule has 2 heteroatoms. The van der Waals surface area contributed by atoms with Crippen LogP contribution in [0.5, 0.6) is 0 Å². The lowest BCUT2D eigenvalue weighted by Crippen LogP contribution is -1.90. The first-order valence-corrected chi connectivity index (χ1v) is 8.23. The summed E-state index contributed by atoms with van der Waals surface area (Å²) in [6, 6.07) is 17.4. The Labute approximate surface area is 133 Å². The minimum atomic E-state index is 0.280. The van der Waals surface area contributed by atoms with Crippen molar-refractivity contribution in [1.29, 1.82) is 0 Å². The van der Waals surface area contributed by atoms with Crippen molar-refractivity contribution in [3.8, 4) is 11.1 Å². The Morgan fingerprint density at radius 3 is 1.18 bits per heavy atom. The molecule has 0 spiro atoms. The largest absolute Gasteiger partial charge is 0.396 e. The monoisotopic (exact) mass is 298 g/mol. The Morgan fingerprint density at radius 2 is 0.864 bits per heavy atom. The van der Waals surface area contributed by atoms with Gasteiger partial charge in [-0.15, -0.1) is 0 Å². The van der Waals surface area contributed by atoms with Crippen LogP contribution in [-0.4, -0.2) is 23.4 Å². The summed E-state index contributed by atoms with van der Waals surface area (Å²) in [6.07, 6.45) is 5.89. The fraction of sp³-hybridized carbons (Fsp3) is 0.400. The first kappa shape index (κ1) is 16.7. The van der Waals surface area contributed by atoms with E-state index in [1.807, 2.05) is 0 Å². The summed E-state index contributed by atoms with van der Waals surface area (Å²) in [7, 11) is 0. The highest BCUT2D eigenvalue weighted by Crippen LogP contribution is 2.21. The summed E-state index contributed by atoms with van der Waals surface area (Å²) < 4.78 is 0. The first-order chi connectivity index (χ1) is 10.8. The Bertz CT molecular complexity index is 477. The van der Waals surface area contributed by atoms with Crippen LogP contribution in [0.4, 0.5) is 0 Å². The van der Waals surface area contributed by atoms with Gasteiger partial charge in [0.05, 0.1) is 0 Å². The number of aliphatic hydroxyl groups excluding tert-OH is 2. The molecule has 0 aromatic heterocycles. The molecule has 0 aliphatic heterocycles. The SMILES string of the molecule is OCCCCc1ccc(-c2ccc(CCCCO)cc2)cc1. The lowest BCUT2D eigenvalue weighted by Gasteiger charge is -2.06. The third kappa shape index (κ3) is 5.28. The average molecular weight is 298 g/mol. The van der Waals surface area contributed by atoms with Crippen molar-refractivity contribution < 1.29 is 10.2 Å². The Balaban J connectivity index is 1.93. The second kappa shape index (κ2) is 9.39. The van der Waals surface area contributed by atoms with Gasteiger partial charge in [-0.2, -0.15) is 0 Å². The Kier molecular flexibility index (Phi) is 7.14. The number of hydrogen-bond acceptors (Lipinski definition) is 2. The summed E-state index contributed by atoms with van der Waals surface area (Å²) in [4.78, 5) is 0. The molecule has 22 heavy (non-hydrogen) atoms. The number of hydrogen-bond donors (Lipinski definition) is 2. The minimum absolute atomic E-state index is 0.280. The molecular formula is C20H26O2. The van der Waals surface area contributed by atoms with Gasteiger partial charge < -0.3 is 10.2 Å². The van der Waals surface area contributed by atoms with Gasteiger partial charge in [0, 0.05) is 13.2 Å². The fourth-order valence-electron chi connectivity index (χ4n) is 2.61. The molecule has 2 N–H and O–H groups in total. The molecule has 0 amide bonds. The van der Waals surface area contributed by atoms with E-state index >= 15 is 0 Å². The molecule has 0 saturated heterocycles. The van der Waals surface area contributed by atoms with Crippen LogP contribution in [0, 0.1) is 0 Å². The maximum absolute atomic E-state index is 8.82. The van der Waals surface area contributed by atoms with Gasteiger partial charge in [-0.25, -0.2) is 0 Å². The molecule has 0 fully saturated rings. The van der Waals surface area contributed by atoms with Gasteiger partial charge in [-0.1, -0.05) is 48.5 Å². The number of unbranched alkanes of at least 4 members (excludes halogenated alkanes) is 2. The third-order valence-electron chi connectivity index (χ3n) is 3.99. The molecule has 0 bridgehead atoms. The van der Waals surface area contributed by atoms with Gasteiger partial charge in [0.2, 0.25) is 0 Å². The summed E-state index contributed by atoms with van der Waals surface area (Å²) in [6.45, 7) is 0.561. The quantitative estimate of drug-likeness (QED) is 0.687. The van der Waals surface area contributed by atoms with Gasteiger partial charge >= 0.3 is 0 Å². The van der Waals surface area contributed by atoms with Gasteiger partial charge in [0.1, 0.15) is 0 Å². The van der Waals surface area contributed by atoms with Crippen molar-refractivity contribution in [2.45, 2.75) is 38.5 Å². The zero-order valence-electron chi connectivity index (χ0n) is 13.2. The molecule has 2 aromatic rings. The number of benzene rings is 2. The lowest BCUT2D eigenvalue weighted by molar-refractivity contribution is 0.284. The number of rotatable bonds is 9. The smallest absolute Gasteiger partial charge is 0.0431 e. The molecular weight excluding hydrogens is 272 g/mol. The van der Waals surface area contributed by atoms with Gasteiger partial charge in [-0.3, -0.25) is 0 Å². The van der Waals surface area contributed by atoms with E-state index in [1.54, 1.807) is 0 Å². The molecule has 2 rings (SSSR count). The fourth-order valence-corrected chi connectivity index (χ4v) is 2.61. The van der Waals surface area contributed by atoms with E-state index in [9.17, 15) is 0 Å². The molecule has 0 atom stereocenters. The van der Waals surface area contributed by atoms with Crippen LogP contribution in [0.2, 0.25) is 0 Å². The van der Waals surface area contributed by atoms with E-state index in [0.717, 1.165) is 38.5 Å². The van der Waals surface area contributed by atoms with E-state index < -0.39 is 0 Å². The predicted octanol–water partition coefficient (Wildman–Crippen LogP) is 3.98. The van der Waals surface area contributed by atoms with Crippen LogP contribution in [0.15, 0.2) is 48.5 Å². The number of aliphatic hydroxyl groups is 2. The standard InChI is InChI=1S/C20H26O2/c21-15-3-1-5-17-7-11-19(12-8-17)20-13-9-18(10-14-20)6-2-4-16-22/h7-14,21-22H,1-6,15-16H2. The topological polar surface area (TPSA) is 40.5 Å². The molecule has 0 aliphatic carbocycles. The zero-order chi connectivity index (χ0) is 15.6. The van der Waals surface area contributed by atoms with Crippen molar-refractivity contribution >= 4 is 0 Å². The molecule has 2 aromatic carbocycles. The highest BCUT2D eigenvalue weighted by Gasteiger charge is 2.00. The summed E-state index contributed by atoms with van der Waals surface area (Å²) >= 11 is 0. The summed E-state index contributed by atoms with van der Waals surface area (Å²) in [5.41, 5.74) is 5.15. The van der Waals surface area contributed by atoms with Crippen molar-refractivity contribution in [2.24, 2.45) is 0 Å². The molecule has 0 saturated carbocycles. The molecule has 118 valence electrons. The highest BCUT2D eigenvalue weighted by molar-refractivity contribution is 5.63. The Hall–Kier alpha value is -1.64. The zero-order valence-corrected chi connectivity index (χ0v) is 13.2. The summed E-state index contributed by atoms with van der Waals surface area (Å²) in [5, 5.41) is 17.6. The van der Waals surface area contributed by atoms with Crippen LogP contribution in [-0.2, 0) is 12.8 Å². The van der Waals surface area contributed by atoms with Crippen molar-refractivity contribution in [3.05, 3.63) is 59.7 Å². The van der Waals surface area contributed by atoms with E-state index in [0.29, 0.717) is 0 Å². The molecule has 0 heterocycles. The second-order valence-electron chi connectivity index (χ2n) is 5.76. The van der Waals surface area contributed by atoms with E-state index in [1.165, 1.54) is 22.3 Å². The second-order valence-corrected chi connectivity index (χ2v) is 5.76. The molecule has 2 nitrogen and oxygen atoms in total. The average Bonchev–Trinajstić information content (AvgIpc) is 2.57. The van der Waals surface area contributed by atoms with Crippen molar-refractivity contribution in [3.63, 3.8) is 0 Å². The van der Waals surface area contributed by atoms with Crippen LogP contribution in [0.1, 0.15) is 36.8 Å². The van der Waals surface area contributed by atoms with E-state index in [2.05, 4.69) is 48.5 Å². The normalized spacial score (nSPS) is 10.8. The van der Waals surface area contributed by atoms with Crippen LogP contribution >= 0.6 is 0 Å². The third-order valence-corrected chi connectivity index (χ3v) is 3.99. The van der Waals surface area contributed by atoms with Gasteiger partial charge in [0.15, 0.2) is 0 Å². The number of aryl methyl sites for hydroxylation is 2. The van der Waals surface area contributed by atoms with Crippen LogP contribution in [0.3, 0.4) is 0 Å². The maximum atomic E-state index is 8.82. The van der Waals surface area contributed by atoms with E-state index in [-0.39, 0.29) is 13.2 Å². The highest BCUT2D eigenvalue weighted by atomic mass is 16.3. The molecule has 0 aliphatic rings. The van der Waals surface area contributed by atoms with E-state index in [4.69, 9.17) is 10.2 Å². The minimum Gasteiger partial charge on any atom is -0.396 e. The maximum Gasteiger partial charge on any atom is 0.0431 e. The van der Waals surface area contributed by atoms with Crippen molar-refractivity contribution in [2.75, 3.05) is 13.2 Å².